The molecule has 4 rings (SSSR count). The van der Waals surface area contributed by atoms with Gasteiger partial charge in [0.2, 0.25) is 5.76 Å². The molecule has 0 spiro atoms. The lowest BCUT2D eigenvalue weighted by Gasteiger charge is -2.04. The number of ether oxygens (including phenoxy) is 1. The molecule has 30 heavy (non-hydrogen) atoms. The third-order valence-corrected chi connectivity index (χ3v) is 4.10. The van der Waals surface area contributed by atoms with Crippen LogP contribution in [0.15, 0.2) is 87.8 Å². The minimum Gasteiger partial charge on any atom is -0.486 e. The standard InChI is InChI=1S/C22H17N3O5/c26-21(19-12-11-17(29-19)14-28-16-9-5-2-6-10-16)23-24-22(27)20-13-18(25-30-20)15-7-3-1-4-8-15/h1-13H,14H2,(H,23,26)(H,24,27). The molecular weight excluding hydrogens is 386 g/mol. The summed E-state index contributed by atoms with van der Waals surface area (Å²) in [5.74, 6) is -0.100. The number of hydrogen-bond acceptors (Lipinski definition) is 6. The molecule has 0 saturated heterocycles. The minimum atomic E-state index is -0.641. The Morgan fingerprint density at radius 2 is 1.50 bits per heavy atom. The zero-order chi connectivity index (χ0) is 20.8. The molecule has 0 fully saturated rings. The number of carbonyl (C=O) groups is 2. The van der Waals surface area contributed by atoms with Crippen molar-refractivity contribution in [3.63, 3.8) is 0 Å². The number of amides is 2. The molecule has 0 aliphatic rings. The van der Waals surface area contributed by atoms with E-state index in [0.29, 0.717) is 17.2 Å². The summed E-state index contributed by atoms with van der Waals surface area (Å²) in [6.45, 7) is 0.171. The number of benzene rings is 2. The molecule has 0 aliphatic heterocycles. The van der Waals surface area contributed by atoms with Gasteiger partial charge in [0.05, 0.1) is 0 Å². The van der Waals surface area contributed by atoms with E-state index in [1.807, 2.05) is 60.7 Å². The summed E-state index contributed by atoms with van der Waals surface area (Å²) < 4.78 is 16.1. The predicted molar refractivity (Wildman–Crippen MR) is 106 cm³/mol. The van der Waals surface area contributed by atoms with Crippen LogP contribution in [0.1, 0.15) is 26.9 Å². The van der Waals surface area contributed by atoms with Gasteiger partial charge >= 0.3 is 11.8 Å². The van der Waals surface area contributed by atoms with Crippen LogP contribution in [0.4, 0.5) is 0 Å². The Kier molecular flexibility index (Phi) is 5.56. The summed E-state index contributed by atoms with van der Waals surface area (Å²) in [5.41, 5.74) is 5.86. The van der Waals surface area contributed by atoms with Gasteiger partial charge in [-0.2, -0.15) is 0 Å². The summed E-state index contributed by atoms with van der Waals surface area (Å²) in [6.07, 6.45) is 0. The Morgan fingerprint density at radius 1 is 0.833 bits per heavy atom. The van der Waals surface area contributed by atoms with E-state index in [0.717, 1.165) is 5.56 Å². The van der Waals surface area contributed by atoms with Crippen molar-refractivity contribution in [2.45, 2.75) is 6.61 Å². The molecule has 0 unspecified atom stereocenters. The van der Waals surface area contributed by atoms with Crippen LogP contribution < -0.4 is 15.6 Å². The summed E-state index contributed by atoms with van der Waals surface area (Å²) in [6, 6.07) is 23.1. The average molecular weight is 403 g/mol. The van der Waals surface area contributed by atoms with Gasteiger partial charge in [-0.1, -0.05) is 53.7 Å². The number of hydrogen-bond donors (Lipinski definition) is 2. The van der Waals surface area contributed by atoms with E-state index >= 15 is 0 Å². The van der Waals surface area contributed by atoms with Gasteiger partial charge in [0.25, 0.3) is 0 Å². The van der Waals surface area contributed by atoms with Gasteiger partial charge in [-0.05, 0) is 24.3 Å². The van der Waals surface area contributed by atoms with Crippen LogP contribution in [-0.2, 0) is 6.61 Å². The number of aromatic nitrogens is 1. The molecule has 2 aromatic heterocycles. The van der Waals surface area contributed by atoms with E-state index in [2.05, 4.69) is 16.0 Å². The average Bonchev–Trinajstić information content (AvgIpc) is 3.47. The Balaban J connectivity index is 1.30. The second-order valence-corrected chi connectivity index (χ2v) is 6.22. The molecule has 2 amide bonds. The Hall–Kier alpha value is -4.33. The molecule has 0 saturated carbocycles. The first-order chi connectivity index (χ1) is 14.7. The van der Waals surface area contributed by atoms with Crippen LogP contribution in [0.2, 0.25) is 0 Å². The molecule has 8 heteroatoms. The number of hydrazine groups is 1. The van der Waals surface area contributed by atoms with Gasteiger partial charge in [0.15, 0.2) is 5.76 Å². The van der Waals surface area contributed by atoms with E-state index in [1.54, 1.807) is 6.07 Å². The van der Waals surface area contributed by atoms with Gasteiger partial charge in [-0.25, -0.2) is 0 Å². The van der Waals surface area contributed by atoms with Crippen LogP contribution in [0.5, 0.6) is 5.75 Å². The topological polar surface area (TPSA) is 107 Å². The van der Waals surface area contributed by atoms with Crippen molar-refractivity contribution in [3.05, 3.63) is 96.1 Å². The van der Waals surface area contributed by atoms with Crippen LogP contribution in [0.3, 0.4) is 0 Å². The number of para-hydroxylation sites is 1. The second-order valence-electron chi connectivity index (χ2n) is 6.22. The Morgan fingerprint density at radius 3 is 2.23 bits per heavy atom. The van der Waals surface area contributed by atoms with E-state index in [4.69, 9.17) is 13.7 Å². The summed E-state index contributed by atoms with van der Waals surface area (Å²) in [4.78, 5) is 24.4. The van der Waals surface area contributed by atoms with Gasteiger partial charge in [-0.15, -0.1) is 0 Å². The van der Waals surface area contributed by atoms with E-state index in [1.165, 1.54) is 12.1 Å². The first kappa shape index (κ1) is 19.0. The molecule has 0 bridgehead atoms. The van der Waals surface area contributed by atoms with Crippen molar-refractivity contribution in [1.29, 1.82) is 0 Å². The van der Waals surface area contributed by atoms with Gasteiger partial charge in [-0.3, -0.25) is 20.4 Å². The third-order valence-electron chi connectivity index (χ3n) is 4.10. The van der Waals surface area contributed by atoms with E-state index in [-0.39, 0.29) is 18.1 Å². The van der Waals surface area contributed by atoms with Crippen molar-refractivity contribution in [3.8, 4) is 17.0 Å². The zero-order valence-corrected chi connectivity index (χ0v) is 15.7. The SMILES string of the molecule is O=C(NNC(=O)c1ccc(COc2ccccc2)o1)c1cc(-c2ccccc2)no1. The first-order valence-electron chi connectivity index (χ1n) is 9.08. The largest absolute Gasteiger partial charge is 0.486 e. The summed E-state index contributed by atoms with van der Waals surface area (Å²) >= 11 is 0. The van der Waals surface area contributed by atoms with Crippen molar-refractivity contribution >= 4 is 11.8 Å². The zero-order valence-electron chi connectivity index (χ0n) is 15.7. The highest BCUT2D eigenvalue weighted by atomic mass is 16.5. The molecule has 2 aromatic carbocycles. The van der Waals surface area contributed by atoms with E-state index < -0.39 is 11.8 Å². The van der Waals surface area contributed by atoms with Crippen LogP contribution in [0.25, 0.3) is 11.3 Å². The molecule has 0 aliphatic carbocycles. The smallest absolute Gasteiger partial charge is 0.308 e. The number of nitrogens with one attached hydrogen (secondary N) is 2. The lowest BCUT2D eigenvalue weighted by molar-refractivity contribution is 0.0810. The molecule has 8 nitrogen and oxygen atoms in total. The van der Waals surface area contributed by atoms with Gasteiger partial charge in [0.1, 0.15) is 23.8 Å². The predicted octanol–water partition coefficient (Wildman–Crippen LogP) is 3.59. The molecule has 4 aromatic rings. The fourth-order valence-electron chi connectivity index (χ4n) is 2.61. The monoisotopic (exact) mass is 403 g/mol. The highest BCUT2D eigenvalue weighted by molar-refractivity contribution is 5.96. The lowest BCUT2D eigenvalue weighted by Crippen LogP contribution is -2.41. The van der Waals surface area contributed by atoms with Gasteiger partial charge in [0, 0.05) is 11.6 Å². The van der Waals surface area contributed by atoms with Crippen molar-refractivity contribution in [2.75, 3.05) is 0 Å². The molecule has 2 N–H and O–H groups in total. The third kappa shape index (κ3) is 4.56. The number of carbonyl (C=O) groups excluding carboxylic acids is 2. The fourth-order valence-corrected chi connectivity index (χ4v) is 2.61. The van der Waals surface area contributed by atoms with E-state index in [9.17, 15) is 9.59 Å². The normalized spacial score (nSPS) is 10.4. The molecule has 2 heterocycles. The molecule has 0 radical (unpaired) electrons. The van der Waals surface area contributed by atoms with Crippen LogP contribution in [0, 0.1) is 0 Å². The number of nitrogens with zero attached hydrogens (tertiary/aromatic N) is 1. The Bertz CT molecular complexity index is 1140. The number of rotatable bonds is 6. The highest BCUT2D eigenvalue weighted by Gasteiger charge is 2.17. The molecule has 0 atom stereocenters. The Labute approximate surface area is 171 Å². The van der Waals surface area contributed by atoms with Crippen LogP contribution >= 0.6 is 0 Å². The summed E-state index contributed by atoms with van der Waals surface area (Å²) in [5, 5.41) is 3.86. The first-order valence-corrected chi connectivity index (χ1v) is 9.08. The maximum atomic E-state index is 12.2. The van der Waals surface area contributed by atoms with Crippen molar-refractivity contribution < 1.29 is 23.3 Å². The molecular formula is C22H17N3O5. The summed E-state index contributed by atoms with van der Waals surface area (Å²) in [7, 11) is 0. The molecule has 150 valence electrons. The lowest BCUT2D eigenvalue weighted by atomic mass is 10.1. The fraction of sp³-hybridized carbons (Fsp3) is 0.0455. The quantitative estimate of drug-likeness (QED) is 0.477. The van der Waals surface area contributed by atoms with Crippen LogP contribution in [-0.4, -0.2) is 17.0 Å². The maximum Gasteiger partial charge on any atom is 0.308 e. The van der Waals surface area contributed by atoms with Gasteiger partial charge < -0.3 is 13.7 Å². The van der Waals surface area contributed by atoms with Crippen molar-refractivity contribution in [2.24, 2.45) is 0 Å². The number of furan rings is 1. The van der Waals surface area contributed by atoms with Crippen molar-refractivity contribution in [1.82, 2.24) is 16.0 Å². The minimum absolute atomic E-state index is 0.0320. The maximum absolute atomic E-state index is 12.2. The highest BCUT2D eigenvalue weighted by Crippen LogP contribution is 2.18. The second kappa shape index (κ2) is 8.78.